The molecule has 16 heavy (non-hydrogen) atoms. The second-order valence-corrected chi connectivity index (χ2v) is 4.66. The summed E-state index contributed by atoms with van der Waals surface area (Å²) in [6.45, 7) is 6.35. The number of alkyl halides is 2. The smallest absolute Gasteiger partial charge is 0.410 e. The third-order valence-electron chi connectivity index (χ3n) is 2.04. The molecule has 1 N–H and O–H groups in total. The molecule has 0 bridgehead atoms. The topological polar surface area (TPSA) is 49.8 Å². The Labute approximate surface area is 94.2 Å². The number of aliphatic hydroxyl groups is 1. The van der Waals surface area contributed by atoms with Gasteiger partial charge in [-0.1, -0.05) is 0 Å². The molecule has 4 nitrogen and oxygen atoms in total. The van der Waals surface area contributed by atoms with Gasteiger partial charge in [-0.2, -0.15) is 0 Å². The van der Waals surface area contributed by atoms with Crippen LogP contribution >= 0.6 is 0 Å². The Hall–Kier alpha value is -0.910. The molecule has 0 spiro atoms. The third-order valence-corrected chi connectivity index (χ3v) is 2.04. The molecule has 0 aliphatic carbocycles. The van der Waals surface area contributed by atoms with Crippen LogP contribution in [0, 0.1) is 0 Å². The van der Waals surface area contributed by atoms with Crippen molar-refractivity contribution in [2.45, 2.75) is 51.9 Å². The number of ether oxygens (including phenoxy) is 1. The summed E-state index contributed by atoms with van der Waals surface area (Å²) >= 11 is 0. The summed E-state index contributed by atoms with van der Waals surface area (Å²) in [4.78, 5) is 12.4. The van der Waals surface area contributed by atoms with Crippen LogP contribution < -0.4 is 0 Å². The van der Waals surface area contributed by atoms with E-state index in [2.05, 4.69) is 0 Å². The van der Waals surface area contributed by atoms with E-state index in [0.29, 0.717) is 0 Å². The molecule has 0 aromatic heterocycles. The average molecular weight is 239 g/mol. The van der Waals surface area contributed by atoms with Crippen LogP contribution in [0.15, 0.2) is 0 Å². The van der Waals surface area contributed by atoms with Gasteiger partial charge in [-0.25, -0.2) is 13.6 Å². The molecule has 2 atom stereocenters. The number of halogens is 2. The molecule has 0 aromatic carbocycles. The van der Waals surface area contributed by atoms with Crippen molar-refractivity contribution >= 4 is 6.09 Å². The highest BCUT2D eigenvalue weighted by molar-refractivity contribution is 5.68. The van der Waals surface area contributed by atoms with E-state index < -0.39 is 30.3 Å². The summed E-state index contributed by atoms with van der Waals surface area (Å²) in [5.41, 5.74) is -0.694. The standard InChI is InChI=1S/C10H19F2NO3/c1-6(7(14)8(11)12)13(5)9(15)16-10(2,3)4/h6-8,14H,1-5H3. The van der Waals surface area contributed by atoms with Gasteiger partial charge in [0.25, 0.3) is 6.43 Å². The molecule has 0 aliphatic heterocycles. The lowest BCUT2D eigenvalue weighted by Gasteiger charge is -2.30. The average Bonchev–Trinajstić information content (AvgIpc) is 2.11. The number of carbonyl (C=O) groups excluding carboxylic acids is 1. The van der Waals surface area contributed by atoms with Crippen LogP contribution in [0.2, 0.25) is 0 Å². The van der Waals surface area contributed by atoms with Gasteiger partial charge in [0.1, 0.15) is 11.7 Å². The molecule has 0 aliphatic rings. The maximum atomic E-state index is 12.2. The van der Waals surface area contributed by atoms with Gasteiger partial charge in [-0.05, 0) is 27.7 Å². The number of amides is 1. The fourth-order valence-corrected chi connectivity index (χ4v) is 0.940. The third kappa shape index (κ3) is 4.74. The molecule has 1 amide bonds. The largest absolute Gasteiger partial charge is 0.444 e. The lowest BCUT2D eigenvalue weighted by molar-refractivity contribution is -0.0518. The van der Waals surface area contributed by atoms with Crippen molar-refractivity contribution in [1.29, 1.82) is 0 Å². The van der Waals surface area contributed by atoms with Crippen LogP contribution in [0.3, 0.4) is 0 Å². The first-order chi connectivity index (χ1) is 7.06. The minimum Gasteiger partial charge on any atom is -0.444 e. The van der Waals surface area contributed by atoms with Crippen LogP contribution in [-0.2, 0) is 4.74 Å². The summed E-state index contributed by atoms with van der Waals surface area (Å²) in [5.74, 6) is 0. The zero-order valence-electron chi connectivity index (χ0n) is 10.2. The SMILES string of the molecule is CC(C(O)C(F)F)N(C)C(=O)OC(C)(C)C. The van der Waals surface area contributed by atoms with E-state index in [4.69, 9.17) is 9.84 Å². The molecule has 0 aromatic rings. The monoisotopic (exact) mass is 239 g/mol. The Bertz CT molecular complexity index is 241. The fraction of sp³-hybridized carbons (Fsp3) is 0.900. The molecule has 6 heteroatoms. The molecule has 0 saturated carbocycles. The van der Waals surface area contributed by atoms with Gasteiger partial charge in [0.05, 0.1) is 6.04 Å². The number of rotatable bonds is 3. The van der Waals surface area contributed by atoms with E-state index in [1.807, 2.05) is 0 Å². The second-order valence-electron chi connectivity index (χ2n) is 4.66. The molecule has 0 saturated heterocycles. The summed E-state index contributed by atoms with van der Waals surface area (Å²) in [7, 11) is 1.31. The molecule has 0 heterocycles. The van der Waals surface area contributed by atoms with Gasteiger partial charge in [0.15, 0.2) is 0 Å². The van der Waals surface area contributed by atoms with Crippen molar-refractivity contribution < 1.29 is 23.4 Å². The van der Waals surface area contributed by atoms with Gasteiger partial charge >= 0.3 is 6.09 Å². The van der Waals surface area contributed by atoms with Gasteiger partial charge < -0.3 is 14.7 Å². The highest BCUT2D eigenvalue weighted by Gasteiger charge is 2.31. The number of hydrogen-bond acceptors (Lipinski definition) is 3. The first kappa shape index (κ1) is 15.1. The molecule has 96 valence electrons. The number of likely N-dealkylation sites (N-methyl/N-ethyl adjacent to an activating group) is 1. The highest BCUT2D eigenvalue weighted by Crippen LogP contribution is 2.14. The predicted molar refractivity (Wildman–Crippen MR) is 55.5 cm³/mol. The van der Waals surface area contributed by atoms with E-state index in [0.717, 1.165) is 4.90 Å². The quantitative estimate of drug-likeness (QED) is 0.818. The maximum absolute atomic E-state index is 12.2. The first-order valence-corrected chi connectivity index (χ1v) is 4.98. The van der Waals surface area contributed by atoms with Crippen molar-refractivity contribution in [1.82, 2.24) is 4.90 Å². The normalized spacial score (nSPS) is 15.8. The lowest BCUT2D eigenvalue weighted by Crippen LogP contribution is -2.47. The minimum absolute atomic E-state index is 0.694. The lowest BCUT2D eigenvalue weighted by atomic mass is 10.2. The number of aliphatic hydroxyl groups excluding tert-OH is 1. The van der Waals surface area contributed by atoms with Crippen LogP contribution in [0.25, 0.3) is 0 Å². The molecule has 2 unspecified atom stereocenters. The predicted octanol–water partition coefficient (Wildman–Crippen LogP) is 1.87. The van der Waals surface area contributed by atoms with Crippen molar-refractivity contribution in [3.8, 4) is 0 Å². The summed E-state index contributed by atoms with van der Waals surface area (Å²) in [6.07, 6.45) is -5.50. The zero-order chi connectivity index (χ0) is 13.1. The molecular weight excluding hydrogens is 220 g/mol. The Kier molecular flexibility index (Phi) is 5.12. The molecule has 0 rings (SSSR count). The number of carbonyl (C=O) groups is 1. The van der Waals surface area contributed by atoms with Crippen LogP contribution in [-0.4, -0.2) is 47.3 Å². The first-order valence-electron chi connectivity index (χ1n) is 4.98. The Balaban J connectivity index is 4.44. The second kappa shape index (κ2) is 5.43. The van der Waals surface area contributed by atoms with Crippen LogP contribution in [0.4, 0.5) is 13.6 Å². The Morgan fingerprint density at radius 3 is 2.12 bits per heavy atom. The van der Waals surface area contributed by atoms with E-state index in [9.17, 15) is 13.6 Å². The number of nitrogens with zero attached hydrogens (tertiary/aromatic N) is 1. The Morgan fingerprint density at radius 1 is 1.38 bits per heavy atom. The van der Waals surface area contributed by atoms with Crippen molar-refractivity contribution in [2.75, 3.05) is 7.05 Å². The van der Waals surface area contributed by atoms with Gasteiger partial charge in [-0.15, -0.1) is 0 Å². The summed E-state index contributed by atoms with van der Waals surface area (Å²) in [6, 6.07) is -1.00. The van der Waals surface area contributed by atoms with Crippen LogP contribution in [0.1, 0.15) is 27.7 Å². The van der Waals surface area contributed by atoms with E-state index in [1.54, 1.807) is 20.8 Å². The van der Waals surface area contributed by atoms with Crippen molar-refractivity contribution in [3.63, 3.8) is 0 Å². The van der Waals surface area contributed by atoms with Gasteiger partial charge in [0, 0.05) is 7.05 Å². The maximum Gasteiger partial charge on any atom is 0.410 e. The summed E-state index contributed by atoms with van der Waals surface area (Å²) < 4.78 is 29.4. The Morgan fingerprint density at radius 2 is 1.81 bits per heavy atom. The van der Waals surface area contributed by atoms with Crippen molar-refractivity contribution in [2.24, 2.45) is 0 Å². The van der Waals surface area contributed by atoms with E-state index >= 15 is 0 Å². The molecular formula is C10H19F2NO3. The highest BCUT2D eigenvalue weighted by atomic mass is 19.3. The van der Waals surface area contributed by atoms with Crippen molar-refractivity contribution in [3.05, 3.63) is 0 Å². The van der Waals surface area contributed by atoms with Gasteiger partial charge in [-0.3, -0.25) is 0 Å². The van der Waals surface area contributed by atoms with Gasteiger partial charge in [0.2, 0.25) is 0 Å². The minimum atomic E-state index is -2.89. The van der Waals surface area contributed by atoms with Crippen LogP contribution in [0.5, 0.6) is 0 Å². The zero-order valence-corrected chi connectivity index (χ0v) is 10.2. The molecule has 0 radical (unpaired) electrons. The van der Waals surface area contributed by atoms with E-state index in [-0.39, 0.29) is 0 Å². The molecule has 0 fully saturated rings. The van der Waals surface area contributed by atoms with E-state index in [1.165, 1.54) is 14.0 Å². The number of hydrogen-bond donors (Lipinski definition) is 1. The fourth-order valence-electron chi connectivity index (χ4n) is 0.940. The summed E-state index contributed by atoms with van der Waals surface area (Å²) in [5, 5.41) is 9.11.